The van der Waals surface area contributed by atoms with Gasteiger partial charge in [0.15, 0.2) is 5.82 Å². The first-order chi connectivity index (χ1) is 8.08. The van der Waals surface area contributed by atoms with Crippen molar-refractivity contribution in [2.24, 2.45) is 18.7 Å². The molecule has 2 rings (SSSR count). The van der Waals surface area contributed by atoms with E-state index in [1.165, 1.54) is 0 Å². The number of hydrogen-bond acceptors (Lipinski definition) is 4. The quantitative estimate of drug-likeness (QED) is 0.773. The predicted molar refractivity (Wildman–Crippen MR) is 62.2 cm³/mol. The fourth-order valence-electron chi connectivity index (χ4n) is 2.23. The van der Waals surface area contributed by atoms with Crippen LogP contribution in [0.1, 0.15) is 17.7 Å². The lowest BCUT2D eigenvalue weighted by Gasteiger charge is -2.16. The number of amides is 1. The molecule has 1 aromatic heterocycles. The van der Waals surface area contributed by atoms with Crippen LogP contribution in [0.2, 0.25) is 0 Å². The van der Waals surface area contributed by atoms with Crippen molar-refractivity contribution in [3.05, 3.63) is 11.3 Å². The maximum Gasteiger partial charge on any atom is 0.228 e. The summed E-state index contributed by atoms with van der Waals surface area (Å²) >= 11 is 0. The number of nitriles is 1. The molecule has 0 saturated carbocycles. The number of carbonyl (C=O) groups is 1. The first-order valence-electron chi connectivity index (χ1n) is 5.52. The van der Waals surface area contributed by atoms with Gasteiger partial charge < -0.3 is 5.73 Å². The van der Waals surface area contributed by atoms with Gasteiger partial charge in [0, 0.05) is 20.0 Å². The summed E-state index contributed by atoms with van der Waals surface area (Å²) < 4.78 is 1.59. The van der Waals surface area contributed by atoms with E-state index in [1.807, 2.05) is 0 Å². The molecule has 0 bridgehead atoms. The van der Waals surface area contributed by atoms with Crippen LogP contribution < -0.4 is 10.6 Å². The second-order valence-electron chi connectivity index (χ2n) is 4.33. The van der Waals surface area contributed by atoms with Crippen molar-refractivity contribution in [3.63, 3.8) is 0 Å². The van der Waals surface area contributed by atoms with Crippen LogP contribution in [0, 0.1) is 24.2 Å². The number of nitrogens with two attached hydrogens (primary N) is 1. The average molecular weight is 233 g/mol. The Kier molecular flexibility index (Phi) is 2.86. The van der Waals surface area contributed by atoms with Gasteiger partial charge in [-0.25, -0.2) is 0 Å². The Morgan fingerprint density at radius 3 is 2.88 bits per heavy atom. The zero-order chi connectivity index (χ0) is 12.6. The molecule has 6 nitrogen and oxygen atoms in total. The molecule has 2 heterocycles. The fourth-order valence-corrected chi connectivity index (χ4v) is 2.23. The average Bonchev–Trinajstić information content (AvgIpc) is 2.78. The lowest BCUT2D eigenvalue weighted by atomic mass is 10.1. The summed E-state index contributed by atoms with van der Waals surface area (Å²) in [5, 5.41) is 13.3. The van der Waals surface area contributed by atoms with Crippen molar-refractivity contribution in [1.29, 1.82) is 5.26 Å². The van der Waals surface area contributed by atoms with E-state index in [9.17, 15) is 4.79 Å². The molecular weight excluding hydrogens is 218 g/mol. The molecule has 1 atom stereocenters. The Morgan fingerprint density at radius 1 is 1.65 bits per heavy atom. The maximum absolute atomic E-state index is 11.9. The van der Waals surface area contributed by atoms with Gasteiger partial charge in [-0.2, -0.15) is 10.4 Å². The Hall–Kier alpha value is -1.87. The molecule has 1 aliphatic heterocycles. The van der Waals surface area contributed by atoms with E-state index >= 15 is 0 Å². The van der Waals surface area contributed by atoms with Gasteiger partial charge in [0.25, 0.3) is 0 Å². The second kappa shape index (κ2) is 4.18. The molecule has 1 saturated heterocycles. The molecule has 2 N–H and O–H groups in total. The van der Waals surface area contributed by atoms with Gasteiger partial charge in [0.2, 0.25) is 5.91 Å². The maximum atomic E-state index is 11.9. The van der Waals surface area contributed by atoms with Crippen LogP contribution in [0.25, 0.3) is 0 Å². The number of nitrogens with zero attached hydrogens (tertiary/aromatic N) is 4. The number of carbonyl (C=O) groups excluding carboxylic acids is 1. The van der Waals surface area contributed by atoms with E-state index in [4.69, 9.17) is 11.0 Å². The van der Waals surface area contributed by atoms with Crippen LogP contribution in [0.15, 0.2) is 0 Å². The molecule has 1 unspecified atom stereocenters. The lowest BCUT2D eigenvalue weighted by molar-refractivity contribution is -0.117. The molecule has 0 radical (unpaired) electrons. The van der Waals surface area contributed by atoms with Crippen molar-refractivity contribution in [3.8, 4) is 6.07 Å². The largest absolute Gasteiger partial charge is 0.330 e. The zero-order valence-corrected chi connectivity index (χ0v) is 9.97. The minimum atomic E-state index is 0.0138. The van der Waals surface area contributed by atoms with Gasteiger partial charge in [-0.3, -0.25) is 14.4 Å². The summed E-state index contributed by atoms with van der Waals surface area (Å²) in [5.74, 6) is 0.773. The van der Waals surface area contributed by atoms with E-state index in [-0.39, 0.29) is 11.8 Å². The number of aryl methyl sites for hydroxylation is 2. The van der Waals surface area contributed by atoms with Gasteiger partial charge in [-0.15, -0.1) is 0 Å². The Morgan fingerprint density at radius 2 is 2.35 bits per heavy atom. The molecule has 90 valence electrons. The summed E-state index contributed by atoms with van der Waals surface area (Å²) in [7, 11) is 1.74. The Bertz CT molecular complexity index is 499. The van der Waals surface area contributed by atoms with Gasteiger partial charge in [0.05, 0.1) is 5.69 Å². The molecule has 17 heavy (non-hydrogen) atoms. The first kappa shape index (κ1) is 11.6. The van der Waals surface area contributed by atoms with Crippen LogP contribution in [0.5, 0.6) is 0 Å². The van der Waals surface area contributed by atoms with E-state index in [1.54, 1.807) is 23.6 Å². The molecule has 1 fully saturated rings. The Balaban J connectivity index is 2.42. The highest BCUT2D eigenvalue weighted by atomic mass is 16.2. The van der Waals surface area contributed by atoms with Crippen molar-refractivity contribution >= 4 is 11.7 Å². The number of anilines is 1. The molecule has 6 heteroatoms. The van der Waals surface area contributed by atoms with Crippen molar-refractivity contribution in [1.82, 2.24) is 9.78 Å². The van der Waals surface area contributed by atoms with E-state index in [0.29, 0.717) is 36.6 Å². The lowest BCUT2D eigenvalue weighted by Crippen LogP contribution is -2.28. The topological polar surface area (TPSA) is 87.9 Å². The van der Waals surface area contributed by atoms with Gasteiger partial charge >= 0.3 is 0 Å². The third kappa shape index (κ3) is 1.78. The van der Waals surface area contributed by atoms with Crippen LogP contribution in [0.4, 0.5) is 5.82 Å². The first-order valence-corrected chi connectivity index (χ1v) is 5.52. The van der Waals surface area contributed by atoms with Gasteiger partial charge in [0.1, 0.15) is 11.6 Å². The summed E-state index contributed by atoms with van der Waals surface area (Å²) in [6.07, 6.45) is 0.450. The van der Waals surface area contributed by atoms with Gasteiger partial charge in [-0.05, 0) is 19.4 Å². The monoisotopic (exact) mass is 233 g/mol. The number of aromatic nitrogens is 2. The van der Waals surface area contributed by atoms with Crippen molar-refractivity contribution in [2.75, 3.05) is 18.0 Å². The van der Waals surface area contributed by atoms with E-state index in [2.05, 4.69) is 11.2 Å². The van der Waals surface area contributed by atoms with Gasteiger partial charge in [-0.1, -0.05) is 0 Å². The van der Waals surface area contributed by atoms with E-state index < -0.39 is 0 Å². The number of rotatable bonds is 2. The van der Waals surface area contributed by atoms with Crippen LogP contribution in [-0.4, -0.2) is 28.8 Å². The summed E-state index contributed by atoms with van der Waals surface area (Å²) in [4.78, 5) is 13.5. The molecule has 0 spiro atoms. The molecule has 1 aromatic rings. The van der Waals surface area contributed by atoms with Crippen molar-refractivity contribution in [2.45, 2.75) is 13.3 Å². The minimum absolute atomic E-state index is 0.0138. The SMILES string of the molecule is Cc1nn(C)c(N2CC(CN)CC2=O)c1C#N. The van der Waals surface area contributed by atoms with Crippen LogP contribution in [-0.2, 0) is 11.8 Å². The normalized spacial score (nSPS) is 19.8. The molecular formula is C11H15N5O. The standard InChI is InChI=1S/C11H15N5O/c1-7-9(5-13)11(15(2)14-7)16-6-8(4-12)3-10(16)17/h8H,3-4,6,12H2,1-2H3. The smallest absolute Gasteiger partial charge is 0.228 e. The summed E-state index contributed by atoms with van der Waals surface area (Å²) in [5.41, 5.74) is 6.70. The van der Waals surface area contributed by atoms with Crippen LogP contribution >= 0.6 is 0 Å². The zero-order valence-electron chi connectivity index (χ0n) is 9.97. The Labute approximate surface area is 99.6 Å². The molecule has 0 aliphatic carbocycles. The van der Waals surface area contributed by atoms with Crippen molar-refractivity contribution < 1.29 is 4.79 Å². The van der Waals surface area contributed by atoms with Crippen LogP contribution in [0.3, 0.4) is 0 Å². The highest BCUT2D eigenvalue weighted by molar-refractivity contribution is 5.96. The second-order valence-corrected chi connectivity index (χ2v) is 4.33. The summed E-state index contributed by atoms with van der Waals surface area (Å²) in [6.45, 7) is 2.83. The molecule has 0 aromatic carbocycles. The molecule has 1 aliphatic rings. The number of hydrogen-bond donors (Lipinski definition) is 1. The third-order valence-electron chi connectivity index (χ3n) is 3.10. The fraction of sp³-hybridized carbons (Fsp3) is 0.545. The highest BCUT2D eigenvalue weighted by Crippen LogP contribution is 2.28. The summed E-state index contributed by atoms with van der Waals surface area (Å²) in [6, 6.07) is 2.11. The third-order valence-corrected chi connectivity index (χ3v) is 3.10. The predicted octanol–water partition coefficient (Wildman–Crippen LogP) is -0.0882. The van der Waals surface area contributed by atoms with E-state index in [0.717, 1.165) is 0 Å². The minimum Gasteiger partial charge on any atom is -0.330 e. The molecule has 1 amide bonds. The highest BCUT2D eigenvalue weighted by Gasteiger charge is 2.33.